The summed E-state index contributed by atoms with van der Waals surface area (Å²) in [6.45, 7) is 2.71. The fourth-order valence-corrected chi connectivity index (χ4v) is 2.09. The van der Waals surface area contributed by atoms with Gasteiger partial charge in [0.05, 0.1) is 0 Å². The number of aryl methyl sites for hydroxylation is 1. The van der Waals surface area contributed by atoms with Crippen LogP contribution in [-0.4, -0.2) is 13.6 Å². The minimum atomic E-state index is -0.0137. The molecule has 1 N–H and O–H groups in total. The molecule has 0 atom stereocenters. The Bertz CT molecular complexity index is 342. The predicted molar refractivity (Wildman–Crippen MR) is 56.0 cm³/mol. The zero-order valence-electron chi connectivity index (χ0n) is 8.73. The summed E-state index contributed by atoms with van der Waals surface area (Å²) in [5, 5.41) is 3.15. The zero-order valence-corrected chi connectivity index (χ0v) is 8.73. The Kier molecular flexibility index (Phi) is 2.31. The molecular weight excluding hydrogens is 177 g/mol. The Balaban J connectivity index is 2.37. The second-order valence-corrected chi connectivity index (χ2v) is 4.25. The largest absolute Gasteiger partial charge is 0.319 e. The first-order chi connectivity index (χ1) is 6.69. The minimum absolute atomic E-state index is 0.0137. The second-order valence-electron chi connectivity index (χ2n) is 4.25. The molecule has 0 amide bonds. The van der Waals surface area contributed by atoms with Crippen LogP contribution in [0.15, 0.2) is 18.2 Å². The molecule has 0 aromatic heterocycles. The molecule has 1 aromatic carbocycles. The highest BCUT2D eigenvalue weighted by Crippen LogP contribution is 2.48. The smallest absolute Gasteiger partial charge is 0.129 e. The van der Waals surface area contributed by atoms with Crippen LogP contribution in [0, 0.1) is 12.7 Å². The maximum atomic E-state index is 13.8. The number of likely N-dealkylation sites (N-methyl/N-ethyl adjacent to an activating group) is 1. The maximum Gasteiger partial charge on any atom is 0.129 e. The molecule has 0 bridgehead atoms. The van der Waals surface area contributed by atoms with Gasteiger partial charge in [0.25, 0.3) is 0 Å². The topological polar surface area (TPSA) is 12.0 Å². The van der Waals surface area contributed by atoms with E-state index in [2.05, 4.69) is 5.32 Å². The van der Waals surface area contributed by atoms with Gasteiger partial charge in [-0.1, -0.05) is 18.2 Å². The lowest BCUT2D eigenvalue weighted by atomic mass is 9.94. The van der Waals surface area contributed by atoms with Crippen molar-refractivity contribution in [2.24, 2.45) is 0 Å². The summed E-state index contributed by atoms with van der Waals surface area (Å²) in [6.07, 6.45) is 2.21. The van der Waals surface area contributed by atoms with Crippen molar-refractivity contribution in [3.63, 3.8) is 0 Å². The average molecular weight is 193 g/mol. The first-order valence-electron chi connectivity index (χ1n) is 5.10. The molecule has 1 aromatic rings. The van der Waals surface area contributed by atoms with Crippen LogP contribution in [0.3, 0.4) is 0 Å². The molecule has 2 heteroatoms. The number of hydrogen-bond acceptors (Lipinski definition) is 1. The van der Waals surface area contributed by atoms with Gasteiger partial charge in [0.1, 0.15) is 5.82 Å². The van der Waals surface area contributed by atoms with E-state index in [4.69, 9.17) is 0 Å². The van der Waals surface area contributed by atoms with E-state index in [0.717, 1.165) is 30.5 Å². The van der Waals surface area contributed by atoms with Gasteiger partial charge in [-0.3, -0.25) is 0 Å². The van der Waals surface area contributed by atoms with Crippen LogP contribution < -0.4 is 5.32 Å². The predicted octanol–water partition coefficient (Wildman–Crippen LogP) is 2.39. The normalized spacial score (nSPS) is 18.2. The Morgan fingerprint density at radius 2 is 2.14 bits per heavy atom. The SMILES string of the molecule is CNCC1(c2cccc(C)c2F)CC1. The summed E-state index contributed by atoms with van der Waals surface area (Å²) < 4.78 is 13.8. The molecule has 0 spiro atoms. The molecule has 1 aliphatic rings. The van der Waals surface area contributed by atoms with Crippen molar-refractivity contribution in [3.8, 4) is 0 Å². The van der Waals surface area contributed by atoms with Crippen molar-refractivity contribution in [1.82, 2.24) is 5.32 Å². The standard InChI is InChI=1S/C12H16FN/c1-9-4-3-5-10(11(9)13)12(6-7-12)8-14-2/h3-5,14H,6-8H2,1-2H3. The summed E-state index contributed by atoms with van der Waals surface area (Å²) in [7, 11) is 1.92. The zero-order chi connectivity index (χ0) is 10.2. The molecule has 0 aliphatic heterocycles. The quantitative estimate of drug-likeness (QED) is 0.777. The van der Waals surface area contributed by atoms with Gasteiger partial charge in [0.15, 0.2) is 0 Å². The van der Waals surface area contributed by atoms with E-state index in [1.807, 2.05) is 32.2 Å². The highest BCUT2D eigenvalue weighted by Gasteiger charge is 2.45. The Hall–Kier alpha value is -0.890. The number of halogens is 1. The third kappa shape index (κ3) is 1.44. The van der Waals surface area contributed by atoms with E-state index >= 15 is 0 Å². The van der Waals surface area contributed by atoms with Crippen LogP contribution in [0.1, 0.15) is 24.0 Å². The summed E-state index contributed by atoms with van der Waals surface area (Å²) >= 11 is 0. The fourth-order valence-electron chi connectivity index (χ4n) is 2.09. The molecule has 1 saturated carbocycles. The van der Waals surface area contributed by atoms with Gasteiger partial charge >= 0.3 is 0 Å². The minimum Gasteiger partial charge on any atom is -0.319 e. The van der Waals surface area contributed by atoms with Crippen LogP contribution in [0.2, 0.25) is 0 Å². The molecule has 1 aliphatic carbocycles. The third-order valence-corrected chi connectivity index (χ3v) is 3.13. The molecule has 1 fully saturated rings. The molecule has 0 radical (unpaired) electrons. The van der Waals surface area contributed by atoms with Crippen LogP contribution in [0.25, 0.3) is 0 Å². The summed E-state index contributed by atoms with van der Waals surface area (Å²) in [4.78, 5) is 0. The Morgan fingerprint density at radius 3 is 2.71 bits per heavy atom. The van der Waals surface area contributed by atoms with Crippen molar-refractivity contribution in [1.29, 1.82) is 0 Å². The highest BCUT2D eigenvalue weighted by atomic mass is 19.1. The van der Waals surface area contributed by atoms with Gasteiger partial charge in [0, 0.05) is 12.0 Å². The van der Waals surface area contributed by atoms with E-state index in [9.17, 15) is 4.39 Å². The van der Waals surface area contributed by atoms with Crippen molar-refractivity contribution >= 4 is 0 Å². The molecular formula is C12H16FN. The molecule has 76 valence electrons. The number of nitrogens with one attached hydrogen (secondary N) is 1. The van der Waals surface area contributed by atoms with Crippen molar-refractivity contribution in [3.05, 3.63) is 35.1 Å². The van der Waals surface area contributed by atoms with E-state index < -0.39 is 0 Å². The lowest BCUT2D eigenvalue weighted by molar-refractivity contribution is 0.546. The van der Waals surface area contributed by atoms with Crippen LogP contribution in [0.4, 0.5) is 4.39 Å². The lowest BCUT2D eigenvalue weighted by Gasteiger charge is -2.16. The number of benzene rings is 1. The fraction of sp³-hybridized carbons (Fsp3) is 0.500. The van der Waals surface area contributed by atoms with E-state index in [0.29, 0.717) is 0 Å². The van der Waals surface area contributed by atoms with E-state index in [1.165, 1.54) is 0 Å². The molecule has 1 nitrogen and oxygen atoms in total. The van der Waals surface area contributed by atoms with Gasteiger partial charge in [-0.25, -0.2) is 4.39 Å². The maximum absolute atomic E-state index is 13.8. The van der Waals surface area contributed by atoms with Crippen LogP contribution >= 0.6 is 0 Å². The van der Waals surface area contributed by atoms with Gasteiger partial charge in [-0.05, 0) is 37.9 Å². The van der Waals surface area contributed by atoms with E-state index in [-0.39, 0.29) is 11.2 Å². The van der Waals surface area contributed by atoms with Gasteiger partial charge in [-0.2, -0.15) is 0 Å². The molecule has 2 rings (SSSR count). The first kappa shape index (κ1) is 9.66. The summed E-state index contributed by atoms with van der Waals surface area (Å²) in [5.74, 6) is -0.0137. The first-order valence-corrected chi connectivity index (χ1v) is 5.10. The Labute approximate surface area is 84.3 Å². The summed E-state index contributed by atoms with van der Waals surface area (Å²) in [6, 6.07) is 5.70. The highest BCUT2D eigenvalue weighted by molar-refractivity contribution is 5.36. The number of rotatable bonds is 3. The third-order valence-electron chi connectivity index (χ3n) is 3.13. The van der Waals surface area contributed by atoms with Gasteiger partial charge in [-0.15, -0.1) is 0 Å². The van der Waals surface area contributed by atoms with Crippen LogP contribution in [0.5, 0.6) is 0 Å². The monoisotopic (exact) mass is 193 g/mol. The van der Waals surface area contributed by atoms with Gasteiger partial charge in [0.2, 0.25) is 0 Å². The van der Waals surface area contributed by atoms with Gasteiger partial charge < -0.3 is 5.32 Å². The number of hydrogen-bond donors (Lipinski definition) is 1. The van der Waals surface area contributed by atoms with E-state index in [1.54, 1.807) is 0 Å². The lowest BCUT2D eigenvalue weighted by Crippen LogP contribution is -2.24. The van der Waals surface area contributed by atoms with Crippen molar-refractivity contribution in [2.75, 3.05) is 13.6 Å². The average Bonchev–Trinajstić information content (AvgIpc) is 2.91. The molecule has 0 unspecified atom stereocenters. The molecule has 0 heterocycles. The van der Waals surface area contributed by atoms with Crippen molar-refractivity contribution in [2.45, 2.75) is 25.2 Å². The van der Waals surface area contributed by atoms with Crippen LogP contribution in [-0.2, 0) is 5.41 Å². The molecule has 0 saturated heterocycles. The summed E-state index contributed by atoms with van der Waals surface area (Å²) in [5.41, 5.74) is 1.74. The molecule has 14 heavy (non-hydrogen) atoms. The Morgan fingerprint density at radius 1 is 1.43 bits per heavy atom. The second kappa shape index (κ2) is 3.35. The van der Waals surface area contributed by atoms with Crippen molar-refractivity contribution < 1.29 is 4.39 Å².